The first-order valence-corrected chi connectivity index (χ1v) is 8.97. The molecule has 0 spiro atoms. The van der Waals surface area contributed by atoms with Crippen LogP contribution in [0.4, 0.5) is 0 Å². The lowest BCUT2D eigenvalue weighted by Gasteiger charge is -2.16. The van der Waals surface area contributed by atoms with Gasteiger partial charge in [-0.3, -0.25) is 4.79 Å². The zero-order chi connectivity index (χ0) is 19.4. The fraction of sp³-hybridized carbons (Fsp3) is 0.150. The SMILES string of the molecule is C[C@@H](NC(=O)COC(=O)c1ccc2ccccc2n1)c1ccc(Cl)cc1Cl. The zero-order valence-corrected chi connectivity index (χ0v) is 15.9. The van der Waals surface area contributed by atoms with E-state index in [1.165, 1.54) is 0 Å². The van der Waals surface area contributed by atoms with E-state index < -0.39 is 18.5 Å². The second kappa shape index (κ2) is 8.37. The number of nitrogens with zero attached hydrogens (tertiary/aromatic N) is 1. The number of hydrogen-bond acceptors (Lipinski definition) is 4. The first kappa shape index (κ1) is 19.1. The Hall–Kier alpha value is -2.63. The number of carbonyl (C=O) groups excluding carboxylic acids is 2. The summed E-state index contributed by atoms with van der Waals surface area (Å²) in [5, 5.41) is 4.61. The van der Waals surface area contributed by atoms with E-state index >= 15 is 0 Å². The van der Waals surface area contributed by atoms with Crippen LogP contribution in [0, 0.1) is 0 Å². The van der Waals surface area contributed by atoms with Gasteiger partial charge in [-0.05, 0) is 36.8 Å². The Morgan fingerprint density at radius 2 is 1.89 bits per heavy atom. The summed E-state index contributed by atoms with van der Waals surface area (Å²) in [6.45, 7) is 1.36. The Kier molecular flexibility index (Phi) is 5.94. The highest BCUT2D eigenvalue weighted by molar-refractivity contribution is 6.35. The largest absolute Gasteiger partial charge is 0.451 e. The molecule has 5 nitrogen and oxygen atoms in total. The van der Waals surface area contributed by atoms with Gasteiger partial charge in [-0.2, -0.15) is 0 Å². The van der Waals surface area contributed by atoms with E-state index in [0.717, 1.165) is 10.9 Å². The Labute approximate surface area is 166 Å². The number of pyridine rings is 1. The average molecular weight is 403 g/mol. The molecule has 1 heterocycles. The quantitative estimate of drug-likeness (QED) is 0.634. The van der Waals surface area contributed by atoms with E-state index in [2.05, 4.69) is 10.3 Å². The topological polar surface area (TPSA) is 68.3 Å². The van der Waals surface area contributed by atoms with E-state index in [0.29, 0.717) is 15.6 Å². The summed E-state index contributed by atoms with van der Waals surface area (Å²) in [4.78, 5) is 28.5. The normalized spacial score (nSPS) is 11.8. The zero-order valence-electron chi connectivity index (χ0n) is 14.4. The lowest BCUT2D eigenvalue weighted by atomic mass is 10.1. The third kappa shape index (κ3) is 4.76. The van der Waals surface area contributed by atoms with Crippen molar-refractivity contribution in [1.82, 2.24) is 10.3 Å². The van der Waals surface area contributed by atoms with E-state index in [-0.39, 0.29) is 11.7 Å². The first-order chi connectivity index (χ1) is 12.9. The molecule has 0 saturated heterocycles. The number of esters is 1. The predicted molar refractivity (Wildman–Crippen MR) is 105 cm³/mol. The van der Waals surface area contributed by atoms with E-state index in [9.17, 15) is 9.59 Å². The molecule has 0 radical (unpaired) electrons. The van der Waals surface area contributed by atoms with Crippen molar-refractivity contribution >= 4 is 46.0 Å². The number of nitrogens with one attached hydrogen (secondary N) is 1. The summed E-state index contributed by atoms with van der Waals surface area (Å²) in [7, 11) is 0. The lowest BCUT2D eigenvalue weighted by molar-refractivity contribution is -0.124. The maximum Gasteiger partial charge on any atom is 0.357 e. The monoisotopic (exact) mass is 402 g/mol. The highest BCUT2D eigenvalue weighted by Gasteiger charge is 2.16. The van der Waals surface area contributed by atoms with Gasteiger partial charge in [0.25, 0.3) is 5.91 Å². The smallest absolute Gasteiger partial charge is 0.357 e. The fourth-order valence-corrected chi connectivity index (χ4v) is 3.17. The molecule has 0 bridgehead atoms. The van der Waals surface area contributed by atoms with E-state index in [1.807, 2.05) is 18.2 Å². The Morgan fingerprint density at radius 3 is 2.67 bits per heavy atom. The number of fused-ring (bicyclic) bond motifs is 1. The molecule has 138 valence electrons. The second-order valence-electron chi connectivity index (χ2n) is 5.92. The molecule has 0 aliphatic rings. The van der Waals surface area contributed by atoms with Crippen LogP contribution in [0.25, 0.3) is 10.9 Å². The van der Waals surface area contributed by atoms with Crippen LogP contribution >= 0.6 is 23.2 Å². The number of carbonyl (C=O) groups is 2. The van der Waals surface area contributed by atoms with Crippen LogP contribution in [-0.4, -0.2) is 23.5 Å². The Morgan fingerprint density at radius 1 is 1.11 bits per heavy atom. The van der Waals surface area contributed by atoms with Crippen LogP contribution in [0.15, 0.2) is 54.6 Å². The third-order valence-corrected chi connectivity index (χ3v) is 4.51. The number of halogens is 2. The minimum absolute atomic E-state index is 0.148. The van der Waals surface area contributed by atoms with Gasteiger partial charge < -0.3 is 10.1 Å². The summed E-state index contributed by atoms with van der Waals surface area (Å²) in [6.07, 6.45) is 0. The molecule has 1 amide bonds. The molecule has 1 aromatic heterocycles. The summed E-state index contributed by atoms with van der Waals surface area (Å²) >= 11 is 12.0. The lowest BCUT2D eigenvalue weighted by Crippen LogP contribution is -2.31. The number of para-hydroxylation sites is 1. The van der Waals surface area contributed by atoms with Crippen molar-refractivity contribution in [3.63, 3.8) is 0 Å². The van der Waals surface area contributed by atoms with Crippen LogP contribution in [0.2, 0.25) is 10.0 Å². The Bertz CT molecular complexity index is 1010. The van der Waals surface area contributed by atoms with Crippen LogP contribution in [0.5, 0.6) is 0 Å². The van der Waals surface area contributed by atoms with Gasteiger partial charge in [0.05, 0.1) is 11.6 Å². The average Bonchev–Trinajstić information content (AvgIpc) is 2.65. The van der Waals surface area contributed by atoms with E-state index in [1.54, 1.807) is 43.3 Å². The predicted octanol–water partition coefficient (Wildman–Crippen LogP) is 4.58. The maximum absolute atomic E-state index is 12.1. The van der Waals surface area contributed by atoms with Crippen LogP contribution < -0.4 is 5.32 Å². The molecule has 1 N–H and O–H groups in total. The van der Waals surface area contributed by atoms with Gasteiger partial charge in [0.1, 0.15) is 5.69 Å². The summed E-state index contributed by atoms with van der Waals surface area (Å²) in [5.41, 5.74) is 1.55. The second-order valence-corrected chi connectivity index (χ2v) is 6.76. The molecule has 3 rings (SSSR count). The van der Waals surface area contributed by atoms with Gasteiger partial charge >= 0.3 is 5.97 Å². The molecule has 0 saturated carbocycles. The molecule has 0 aliphatic carbocycles. The van der Waals surface area contributed by atoms with Gasteiger partial charge in [0.2, 0.25) is 0 Å². The molecule has 1 atom stereocenters. The van der Waals surface area contributed by atoms with Crippen molar-refractivity contribution in [2.75, 3.05) is 6.61 Å². The molecular formula is C20H16Cl2N2O3. The van der Waals surface area contributed by atoms with Crippen molar-refractivity contribution in [1.29, 1.82) is 0 Å². The maximum atomic E-state index is 12.1. The van der Waals surface area contributed by atoms with Crippen molar-refractivity contribution in [2.24, 2.45) is 0 Å². The van der Waals surface area contributed by atoms with Crippen LogP contribution in [0.3, 0.4) is 0 Å². The Balaban J connectivity index is 1.58. The molecule has 2 aromatic carbocycles. The molecule has 7 heteroatoms. The van der Waals surface area contributed by atoms with Gasteiger partial charge in [-0.1, -0.05) is 53.5 Å². The summed E-state index contributed by atoms with van der Waals surface area (Å²) < 4.78 is 5.06. The number of rotatable bonds is 5. The molecule has 0 aliphatic heterocycles. The molecule has 0 fully saturated rings. The van der Waals surface area contributed by atoms with E-state index in [4.69, 9.17) is 27.9 Å². The van der Waals surface area contributed by atoms with Crippen molar-refractivity contribution in [2.45, 2.75) is 13.0 Å². The number of ether oxygens (including phenoxy) is 1. The first-order valence-electron chi connectivity index (χ1n) is 8.21. The standard InChI is InChI=1S/C20H16Cl2N2O3/c1-12(15-8-7-14(21)10-16(15)22)23-19(25)11-27-20(26)18-9-6-13-4-2-3-5-17(13)24-18/h2-10,12H,11H2,1H3,(H,23,25)/t12-/m1/s1. The van der Waals surface area contributed by atoms with Crippen LogP contribution in [0.1, 0.15) is 29.0 Å². The molecule has 0 unspecified atom stereocenters. The molecular weight excluding hydrogens is 387 g/mol. The number of benzene rings is 2. The number of hydrogen-bond donors (Lipinski definition) is 1. The summed E-state index contributed by atoms with van der Waals surface area (Å²) in [6, 6.07) is 15.4. The number of aromatic nitrogens is 1. The van der Waals surface area contributed by atoms with Gasteiger partial charge in [0.15, 0.2) is 6.61 Å². The van der Waals surface area contributed by atoms with Crippen molar-refractivity contribution in [3.05, 3.63) is 75.9 Å². The molecule has 3 aromatic rings. The van der Waals surface area contributed by atoms with Gasteiger partial charge in [-0.25, -0.2) is 9.78 Å². The van der Waals surface area contributed by atoms with Crippen LogP contribution in [-0.2, 0) is 9.53 Å². The summed E-state index contributed by atoms with van der Waals surface area (Å²) in [5.74, 6) is -1.10. The van der Waals surface area contributed by atoms with Gasteiger partial charge in [-0.15, -0.1) is 0 Å². The third-order valence-electron chi connectivity index (χ3n) is 3.95. The number of amides is 1. The highest BCUT2D eigenvalue weighted by atomic mass is 35.5. The minimum atomic E-state index is -0.659. The fourth-order valence-electron chi connectivity index (χ4n) is 2.60. The van der Waals surface area contributed by atoms with Crippen molar-refractivity contribution in [3.8, 4) is 0 Å². The minimum Gasteiger partial charge on any atom is -0.451 e. The highest BCUT2D eigenvalue weighted by Crippen LogP contribution is 2.26. The van der Waals surface area contributed by atoms with Crippen molar-refractivity contribution < 1.29 is 14.3 Å². The van der Waals surface area contributed by atoms with Gasteiger partial charge in [0, 0.05) is 15.4 Å². The molecule has 27 heavy (non-hydrogen) atoms.